The number of carbonyl (C=O) groups excluding carboxylic acids is 1. The van der Waals surface area contributed by atoms with E-state index in [1.165, 1.54) is 11.3 Å². The van der Waals surface area contributed by atoms with Crippen LogP contribution in [-0.2, 0) is 7.05 Å². The monoisotopic (exact) mass is 327 g/mol. The number of nitrogens with zero attached hydrogens (tertiary/aromatic N) is 4. The Kier molecular flexibility index (Phi) is 4.20. The summed E-state index contributed by atoms with van der Waals surface area (Å²) in [6.45, 7) is 4.08. The second kappa shape index (κ2) is 6.29. The number of nitrogens with one attached hydrogen (secondary N) is 1. The van der Waals surface area contributed by atoms with Crippen LogP contribution in [0, 0.1) is 0 Å². The van der Waals surface area contributed by atoms with E-state index in [4.69, 9.17) is 0 Å². The van der Waals surface area contributed by atoms with Gasteiger partial charge in [0.25, 0.3) is 5.91 Å². The van der Waals surface area contributed by atoms with Crippen molar-refractivity contribution >= 4 is 22.4 Å². The highest BCUT2D eigenvalue weighted by Crippen LogP contribution is 2.23. The van der Waals surface area contributed by atoms with E-state index >= 15 is 0 Å². The summed E-state index contributed by atoms with van der Waals surface area (Å²) >= 11 is 1.39. The van der Waals surface area contributed by atoms with E-state index in [9.17, 15) is 4.79 Å². The zero-order valence-corrected chi connectivity index (χ0v) is 14.0. The zero-order valence-electron chi connectivity index (χ0n) is 13.1. The summed E-state index contributed by atoms with van der Waals surface area (Å²) in [6, 6.07) is 11.5. The number of anilines is 1. The lowest BCUT2D eigenvalue weighted by Crippen LogP contribution is -2.15. The molecular formula is C16H17N5OS. The Bertz CT molecular complexity index is 822. The third-order valence-electron chi connectivity index (χ3n) is 3.34. The Hall–Kier alpha value is -2.54. The minimum atomic E-state index is -0.242. The molecule has 23 heavy (non-hydrogen) atoms. The summed E-state index contributed by atoms with van der Waals surface area (Å²) < 4.78 is 1.57. The predicted molar refractivity (Wildman–Crippen MR) is 90.6 cm³/mol. The van der Waals surface area contributed by atoms with E-state index in [0.717, 1.165) is 16.3 Å². The summed E-state index contributed by atoms with van der Waals surface area (Å²) in [7, 11) is 1.75. The van der Waals surface area contributed by atoms with Crippen LogP contribution in [-0.4, -0.2) is 25.9 Å². The van der Waals surface area contributed by atoms with Crippen molar-refractivity contribution in [2.24, 2.45) is 7.05 Å². The Morgan fingerprint density at radius 1 is 1.22 bits per heavy atom. The third-order valence-corrected chi connectivity index (χ3v) is 4.48. The molecule has 0 unspecified atom stereocenters. The van der Waals surface area contributed by atoms with Gasteiger partial charge in [0.2, 0.25) is 5.13 Å². The molecule has 2 aromatic heterocycles. The van der Waals surface area contributed by atoms with Crippen LogP contribution in [0.4, 0.5) is 5.13 Å². The zero-order chi connectivity index (χ0) is 16.4. The first kappa shape index (κ1) is 15.4. The summed E-state index contributed by atoms with van der Waals surface area (Å²) in [5, 5.41) is 16.7. The SMILES string of the molecule is CC(C)c1nnc(NC(=O)c2cc(-c3ccccc3)nn2C)s1. The van der Waals surface area contributed by atoms with Crippen LogP contribution in [0.5, 0.6) is 0 Å². The highest BCUT2D eigenvalue weighted by Gasteiger charge is 2.16. The average Bonchev–Trinajstić information content (AvgIpc) is 3.15. The quantitative estimate of drug-likeness (QED) is 0.798. The minimum Gasteiger partial charge on any atom is -0.295 e. The van der Waals surface area contributed by atoms with Gasteiger partial charge in [-0.15, -0.1) is 10.2 Å². The number of amides is 1. The lowest BCUT2D eigenvalue weighted by atomic mass is 10.1. The summed E-state index contributed by atoms with van der Waals surface area (Å²) in [4.78, 5) is 12.4. The molecule has 0 aliphatic rings. The second-order valence-electron chi connectivity index (χ2n) is 5.46. The van der Waals surface area contributed by atoms with E-state index in [-0.39, 0.29) is 5.91 Å². The van der Waals surface area contributed by atoms with E-state index < -0.39 is 0 Å². The van der Waals surface area contributed by atoms with E-state index in [2.05, 4.69) is 20.6 Å². The molecule has 6 nitrogen and oxygen atoms in total. The number of aryl methyl sites for hydroxylation is 1. The van der Waals surface area contributed by atoms with Crippen LogP contribution in [0.1, 0.15) is 35.3 Å². The molecule has 0 atom stereocenters. The predicted octanol–water partition coefficient (Wildman–Crippen LogP) is 3.31. The first-order chi connectivity index (χ1) is 11.0. The third kappa shape index (κ3) is 3.29. The highest BCUT2D eigenvalue weighted by molar-refractivity contribution is 7.15. The normalized spacial score (nSPS) is 11.0. The van der Waals surface area contributed by atoms with Gasteiger partial charge in [0.1, 0.15) is 10.7 Å². The van der Waals surface area contributed by atoms with Gasteiger partial charge in [-0.3, -0.25) is 14.8 Å². The number of aromatic nitrogens is 4. The molecule has 2 heterocycles. The maximum absolute atomic E-state index is 12.4. The van der Waals surface area contributed by atoms with Crippen LogP contribution in [0.15, 0.2) is 36.4 Å². The van der Waals surface area contributed by atoms with Crippen molar-refractivity contribution in [3.8, 4) is 11.3 Å². The fourth-order valence-electron chi connectivity index (χ4n) is 2.11. The van der Waals surface area contributed by atoms with Crippen molar-refractivity contribution in [2.45, 2.75) is 19.8 Å². The molecular weight excluding hydrogens is 310 g/mol. The second-order valence-corrected chi connectivity index (χ2v) is 6.47. The molecule has 0 spiro atoms. The molecule has 0 saturated carbocycles. The standard InChI is InChI=1S/C16H17N5OS/c1-10(2)15-18-19-16(23-15)17-14(22)13-9-12(20-21(13)3)11-7-5-4-6-8-11/h4-10H,1-3H3,(H,17,19,22). The van der Waals surface area contributed by atoms with Crippen molar-refractivity contribution < 1.29 is 4.79 Å². The van der Waals surface area contributed by atoms with Crippen molar-refractivity contribution in [3.05, 3.63) is 47.1 Å². The minimum absolute atomic E-state index is 0.242. The van der Waals surface area contributed by atoms with Crippen LogP contribution < -0.4 is 5.32 Å². The molecule has 7 heteroatoms. The number of rotatable bonds is 4. The van der Waals surface area contributed by atoms with Gasteiger partial charge in [0, 0.05) is 18.5 Å². The Balaban J connectivity index is 1.81. The maximum atomic E-state index is 12.4. The lowest BCUT2D eigenvalue weighted by molar-refractivity contribution is 0.101. The van der Waals surface area contributed by atoms with Gasteiger partial charge in [0.15, 0.2) is 0 Å². The summed E-state index contributed by atoms with van der Waals surface area (Å²) in [6.07, 6.45) is 0. The molecule has 3 rings (SSSR count). The van der Waals surface area contributed by atoms with Gasteiger partial charge < -0.3 is 0 Å². The maximum Gasteiger partial charge on any atom is 0.275 e. The number of carbonyl (C=O) groups is 1. The molecule has 0 aliphatic carbocycles. The highest BCUT2D eigenvalue weighted by atomic mass is 32.1. The molecule has 118 valence electrons. The molecule has 0 radical (unpaired) electrons. The topological polar surface area (TPSA) is 72.7 Å². The first-order valence-electron chi connectivity index (χ1n) is 7.29. The number of hydrogen-bond acceptors (Lipinski definition) is 5. The van der Waals surface area contributed by atoms with E-state index in [1.807, 2.05) is 44.2 Å². The molecule has 3 aromatic rings. The average molecular weight is 327 g/mol. The molecule has 1 N–H and O–H groups in total. The Morgan fingerprint density at radius 2 is 1.96 bits per heavy atom. The van der Waals surface area contributed by atoms with Gasteiger partial charge >= 0.3 is 0 Å². The fourth-order valence-corrected chi connectivity index (χ4v) is 2.85. The van der Waals surface area contributed by atoms with Crippen molar-refractivity contribution in [1.82, 2.24) is 20.0 Å². The summed E-state index contributed by atoms with van der Waals surface area (Å²) in [5.41, 5.74) is 2.21. The molecule has 1 aromatic carbocycles. The van der Waals surface area contributed by atoms with E-state index in [1.54, 1.807) is 17.8 Å². The van der Waals surface area contributed by atoms with Crippen molar-refractivity contribution in [1.29, 1.82) is 0 Å². The fraction of sp³-hybridized carbons (Fsp3) is 0.250. The number of benzene rings is 1. The Labute approximate surface area is 138 Å². The number of hydrogen-bond donors (Lipinski definition) is 1. The lowest BCUT2D eigenvalue weighted by Gasteiger charge is -2.00. The largest absolute Gasteiger partial charge is 0.295 e. The van der Waals surface area contributed by atoms with Gasteiger partial charge in [-0.25, -0.2) is 0 Å². The van der Waals surface area contributed by atoms with Crippen LogP contribution >= 0.6 is 11.3 Å². The van der Waals surface area contributed by atoms with Gasteiger partial charge in [-0.2, -0.15) is 5.10 Å². The van der Waals surface area contributed by atoms with Crippen molar-refractivity contribution in [2.75, 3.05) is 5.32 Å². The van der Waals surface area contributed by atoms with Crippen LogP contribution in [0.25, 0.3) is 11.3 Å². The van der Waals surface area contributed by atoms with Gasteiger partial charge in [0.05, 0.1) is 5.69 Å². The van der Waals surface area contributed by atoms with E-state index in [0.29, 0.717) is 16.7 Å². The van der Waals surface area contributed by atoms with Crippen LogP contribution in [0.2, 0.25) is 0 Å². The first-order valence-corrected chi connectivity index (χ1v) is 8.10. The van der Waals surface area contributed by atoms with Gasteiger partial charge in [-0.05, 0) is 6.07 Å². The summed E-state index contributed by atoms with van der Waals surface area (Å²) in [5.74, 6) is 0.0492. The smallest absolute Gasteiger partial charge is 0.275 e. The molecule has 0 aliphatic heterocycles. The molecule has 0 fully saturated rings. The van der Waals surface area contributed by atoms with Crippen LogP contribution in [0.3, 0.4) is 0 Å². The molecule has 0 bridgehead atoms. The van der Waals surface area contributed by atoms with Gasteiger partial charge in [-0.1, -0.05) is 55.5 Å². The Morgan fingerprint density at radius 3 is 2.61 bits per heavy atom. The molecule has 1 amide bonds. The van der Waals surface area contributed by atoms with Crippen molar-refractivity contribution in [3.63, 3.8) is 0 Å². The molecule has 0 saturated heterocycles.